The van der Waals surface area contributed by atoms with Crippen molar-refractivity contribution in [1.29, 1.82) is 0 Å². The van der Waals surface area contributed by atoms with Crippen LogP contribution in [-0.2, 0) is 16.8 Å². The SMILES string of the molecule is C=CCn1c(SCC(=O)Nc2ccccc2OC)nnc1-c1ccc(C(C)(C)C)cc1. The molecule has 0 unspecified atom stereocenters. The maximum atomic E-state index is 12.5. The second-order valence-corrected chi connectivity index (χ2v) is 9.01. The van der Waals surface area contributed by atoms with E-state index in [1.165, 1.54) is 17.3 Å². The molecule has 0 fully saturated rings. The first-order chi connectivity index (χ1) is 14.8. The van der Waals surface area contributed by atoms with Gasteiger partial charge in [0.25, 0.3) is 0 Å². The van der Waals surface area contributed by atoms with Gasteiger partial charge in [-0.1, -0.05) is 75.0 Å². The van der Waals surface area contributed by atoms with Crippen molar-refractivity contribution < 1.29 is 9.53 Å². The van der Waals surface area contributed by atoms with Gasteiger partial charge < -0.3 is 10.1 Å². The van der Waals surface area contributed by atoms with Gasteiger partial charge in [0.15, 0.2) is 11.0 Å². The molecule has 0 radical (unpaired) electrons. The van der Waals surface area contributed by atoms with Crippen molar-refractivity contribution >= 4 is 23.4 Å². The van der Waals surface area contributed by atoms with Crippen LogP contribution in [0.2, 0.25) is 0 Å². The average Bonchev–Trinajstić information content (AvgIpc) is 3.15. The van der Waals surface area contributed by atoms with Gasteiger partial charge >= 0.3 is 0 Å². The van der Waals surface area contributed by atoms with Crippen LogP contribution in [0.15, 0.2) is 66.3 Å². The van der Waals surface area contributed by atoms with E-state index in [9.17, 15) is 4.79 Å². The van der Waals surface area contributed by atoms with E-state index in [0.29, 0.717) is 23.1 Å². The number of methoxy groups -OCH3 is 1. The number of nitrogens with one attached hydrogen (secondary N) is 1. The van der Waals surface area contributed by atoms with Crippen LogP contribution < -0.4 is 10.1 Å². The fourth-order valence-electron chi connectivity index (χ4n) is 3.09. The molecule has 2 aromatic carbocycles. The fraction of sp³-hybridized carbons (Fsp3) is 0.292. The van der Waals surface area contributed by atoms with Crippen molar-refractivity contribution in [3.63, 3.8) is 0 Å². The summed E-state index contributed by atoms with van der Waals surface area (Å²) in [4.78, 5) is 12.5. The van der Waals surface area contributed by atoms with E-state index >= 15 is 0 Å². The Morgan fingerprint density at radius 3 is 2.52 bits per heavy atom. The van der Waals surface area contributed by atoms with E-state index in [0.717, 1.165) is 11.4 Å². The molecule has 0 bridgehead atoms. The largest absolute Gasteiger partial charge is 0.495 e. The van der Waals surface area contributed by atoms with Crippen LogP contribution in [0.1, 0.15) is 26.3 Å². The number of aromatic nitrogens is 3. The van der Waals surface area contributed by atoms with Gasteiger partial charge in [0, 0.05) is 12.1 Å². The number of amides is 1. The Morgan fingerprint density at radius 2 is 1.87 bits per heavy atom. The highest BCUT2D eigenvalue weighted by Gasteiger charge is 2.17. The first kappa shape index (κ1) is 22.6. The van der Waals surface area contributed by atoms with Crippen molar-refractivity contribution in [2.24, 2.45) is 0 Å². The summed E-state index contributed by atoms with van der Waals surface area (Å²) in [5, 5.41) is 12.2. The van der Waals surface area contributed by atoms with Crippen molar-refractivity contribution in [3.8, 4) is 17.1 Å². The number of benzene rings is 2. The van der Waals surface area contributed by atoms with Crippen molar-refractivity contribution in [1.82, 2.24) is 14.8 Å². The number of thioether (sulfide) groups is 1. The molecular formula is C24H28N4O2S. The number of rotatable bonds is 8. The second-order valence-electron chi connectivity index (χ2n) is 8.07. The van der Waals surface area contributed by atoms with Crippen molar-refractivity contribution in [2.45, 2.75) is 37.9 Å². The third-order valence-corrected chi connectivity index (χ3v) is 5.72. The molecule has 7 heteroatoms. The topological polar surface area (TPSA) is 69.0 Å². The van der Waals surface area contributed by atoms with Crippen LogP contribution in [0, 0.1) is 0 Å². The maximum absolute atomic E-state index is 12.5. The number of allylic oxidation sites excluding steroid dienone is 1. The van der Waals surface area contributed by atoms with Crippen LogP contribution in [0.5, 0.6) is 5.75 Å². The van der Waals surface area contributed by atoms with Gasteiger partial charge in [-0.3, -0.25) is 9.36 Å². The maximum Gasteiger partial charge on any atom is 0.234 e. The fourth-order valence-corrected chi connectivity index (χ4v) is 3.83. The smallest absolute Gasteiger partial charge is 0.234 e. The number of nitrogens with zero attached hydrogens (tertiary/aromatic N) is 3. The highest BCUT2D eigenvalue weighted by atomic mass is 32.2. The van der Waals surface area contributed by atoms with Crippen molar-refractivity contribution in [2.75, 3.05) is 18.2 Å². The Hall–Kier alpha value is -3.06. The molecule has 1 aromatic heterocycles. The first-order valence-electron chi connectivity index (χ1n) is 10.0. The number of para-hydroxylation sites is 2. The minimum atomic E-state index is -0.140. The minimum absolute atomic E-state index is 0.0864. The summed E-state index contributed by atoms with van der Waals surface area (Å²) in [5.41, 5.74) is 2.97. The third kappa shape index (κ3) is 5.55. The van der Waals surface area contributed by atoms with Crippen LogP contribution in [0.25, 0.3) is 11.4 Å². The lowest BCUT2D eigenvalue weighted by Crippen LogP contribution is -2.15. The standard InChI is InChI=1S/C24H28N4O2S/c1-6-15-28-22(17-11-13-18(14-12-17)24(2,3)4)26-27-23(28)31-16-21(29)25-19-9-7-8-10-20(19)30-5/h6-14H,1,15-16H2,2-5H3,(H,25,29). The Kier molecular flexibility index (Phi) is 7.17. The first-order valence-corrected chi connectivity index (χ1v) is 11.0. The third-order valence-electron chi connectivity index (χ3n) is 4.75. The summed E-state index contributed by atoms with van der Waals surface area (Å²) in [5.74, 6) is 1.44. The van der Waals surface area contributed by atoms with Gasteiger partial charge in [-0.25, -0.2) is 0 Å². The van der Waals surface area contributed by atoms with Gasteiger partial charge in [-0.15, -0.1) is 16.8 Å². The van der Waals surface area contributed by atoms with E-state index < -0.39 is 0 Å². The quantitative estimate of drug-likeness (QED) is 0.390. The Balaban J connectivity index is 1.74. The Morgan fingerprint density at radius 1 is 1.16 bits per heavy atom. The molecule has 0 aliphatic rings. The van der Waals surface area contributed by atoms with Gasteiger partial charge in [0.05, 0.1) is 18.6 Å². The summed E-state index contributed by atoms with van der Waals surface area (Å²) in [6, 6.07) is 15.7. The summed E-state index contributed by atoms with van der Waals surface area (Å²) in [6.07, 6.45) is 1.80. The van der Waals surface area contributed by atoms with Gasteiger partial charge in [0.1, 0.15) is 5.75 Å². The Labute approximate surface area is 187 Å². The average molecular weight is 437 g/mol. The number of ether oxygens (including phenoxy) is 1. The molecule has 3 aromatic rings. The molecule has 0 atom stereocenters. The second kappa shape index (κ2) is 9.83. The summed E-state index contributed by atoms with van der Waals surface area (Å²) in [7, 11) is 1.58. The molecule has 0 spiro atoms. The molecule has 0 saturated carbocycles. The highest BCUT2D eigenvalue weighted by Crippen LogP contribution is 2.28. The predicted molar refractivity (Wildman–Crippen MR) is 127 cm³/mol. The zero-order valence-electron chi connectivity index (χ0n) is 18.4. The van der Waals surface area contributed by atoms with Gasteiger partial charge in [-0.2, -0.15) is 0 Å². The molecule has 0 aliphatic heterocycles. The number of anilines is 1. The predicted octanol–water partition coefficient (Wildman–Crippen LogP) is 5.17. The molecule has 1 amide bonds. The highest BCUT2D eigenvalue weighted by molar-refractivity contribution is 7.99. The monoisotopic (exact) mass is 436 g/mol. The van der Waals surface area contributed by atoms with Gasteiger partial charge in [-0.05, 0) is 23.1 Å². The van der Waals surface area contributed by atoms with Crippen LogP contribution in [-0.4, -0.2) is 33.5 Å². The zero-order valence-corrected chi connectivity index (χ0v) is 19.2. The van der Waals surface area contributed by atoms with E-state index in [1.807, 2.05) is 16.7 Å². The van der Waals surface area contributed by atoms with Gasteiger partial charge in [0.2, 0.25) is 5.91 Å². The molecule has 3 rings (SSSR count). The lowest BCUT2D eigenvalue weighted by Gasteiger charge is -2.19. The lowest BCUT2D eigenvalue weighted by atomic mass is 9.87. The van der Waals surface area contributed by atoms with E-state index in [4.69, 9.17) is 4.74 Å². The van der Waals surface area contributed by atoms with Crippen LogP contribution in [0.3, 0.4) is 0 Å². The number of hydrogen-bond donors (Lipinski definition) is 1. The molecule has 6 nitrogen and oxygen atoms in total. The number of carbonyl (C=O) groups is 1. The Bertz CT molecular complexity index is 1050. The van der Waals surface area contributed by atoms with Crippen LogP contribution >= 0.6 is 11.8 Å². The summed E-state index contributed by atoms with van der Waals surface area (Å²) < 4.78 is 7.25. The molecule has 162 valence electrons. The summed E-state index contributed by atoms with van der Waals surface area (Å²) in [6.45, 7) is 11.0. The zero-order chi connectivity index (χ0) is 22.4. The molecule has 1 heterocycles. The number of carbonyl (C=O) groups excluding carboxylic acids is 1. The normalized spacial score (nSPS) is 11.2. The van der Waals surface area contributed by atoms with E-state index in [2.05, 4.69) is 67.1 Å². The van der Waals surface area contributed by atoms with Crippen molar-refractivity contribution in [3.05, 3.63) is 66.7 Å². The lowest BCUT2D eigenvalue weighted by molar-refractivity contribution is -0.113. The molecule has 0 saturated heterocycles. The number of hydrogen-bond acceptors (Lipinski definition) is 5. The molecule has 31 heavy (non-hydrogen) atoms. The molecule has 0 aliphatic carbocycles. The van der Waals surface area contributed by atoms with E-state index in [1.54, 1.807) is 25.3 Å². The van der Waals surface area contributed by atoms with E-state index in [-0.39, 0.29) is 17.1 Å². The minimum Gasteiger partial charge on any atom is -0.495 e. The summed E-state index contributed by atoms with van der Waals surface area (Å²) >= 11 is 1.34. The molecule has 1 N–H and O–H groups in total. The van der Waals surface area contributed by atoms with Crippen LogP contribution in [0.4, 0.5) is 5.69 Å². The molecular weight excluding hydrogens is 408 g/mol.